The summed E-state index contributed by atoms with van der Waals surface area (Å²) in [6.45, 7) is 4.62. The minimum absolute atomic E-state index is 0.0768. The minimum Gasteiger partial charge on any atom is -0.391 e. The van der Waals surface area contributed by atoms with Crippen molar-refractivity contribution in [3.63, 3.8) is 0 Å². The topological polar surface area (TPSA) is 35.5 Å². The molecule has 0 aromatic carbocycles. The SMILES string of the molecule is CNC1CCN(C2CCCCC2O)CC1C. The number of nitrogens with one attached hydrogen (secondary N) is 1. The van der Waals surface area contributed by atoms with E-state index in [4.69, 9.17) is 0 Å². The van der Waals surface area contributed by atoms with Crippen molar-refractivity contribution in [3.8, 4) is 0 Å². The molecule has 1 saturated heterocycles. The fourth-order valence-electron chi connectivity index (χ4n) is 3.43. The zero-order valence-electron chi connectivity index (χ0n) is 10.7. The molecule has 1 heterocycles. The first kappa shape index (κ1) is 12.3. The molecule has 3 heteroatoms. The van der Waals surface area contributed by atoms with E-state index in [1.807, 2.05) is 0 Å². The Morgan fingerprint density at radius 2 is 1.94 bits per heavy atom. The molecule has 2 fully saturated rings. The highest BCUT2D eigenvalue weighted by atomic mass is 16.3. The zero-order valence-corrected chi connectivity index (χ0v) is 10.7. The number of likely N-dealkylation sites (tertiary alicyclic amines) is 1. The van der Waals surface area contributed by atoms with Crippen LogP contribution in [0.25, 0.3) is 0 Å². The third-order valence-electron chi connectivity index (χ3n) is 4.47. The Balaban J connectivity index is 1.90. The molecule has 0 aromatic heterocycles. The van der Waals surface area contributed by atoms with Gasteiger partial charge in [0.25, 0.3) is 0 Å². The maximum Gasteiger partial charge on any atom is 0.0695 e. The third-order valence-corrected chi connectivity index (χ3v) is 4.47. The second kappa shape index (κ2) is 5.48. The fraction of sp³-hybridized carbons (Fsp3) is 1.00. The molecule has 4 atom stereocenters. The van der Waals surface area contributed by atoms with Crippen LogP contribution in [0, 0.1) is 5.92 Å². The van der Waals surface area contributed by atoms with E-state index in [0.717, 1.165) is 19.5 Å². The lowest BCUT2D eigenvalue weighted by Gasteiger charge is -2.44. The molecule has 0 aromatic rings. The molecule has 0 radical (unpaired) electrons. The van der Waals surface area contributed by atoms with E-state index < -0.39 is 0 Å². The number of piperidine rings is 1. The summed E-state index contributed by atoms with van der Waals surface area (Å²) in [5.74, 6) is 0.702. The number of aliphatic hydroxyl groups excluding tert-OH is 1. The van der Waals surface area contributed by atoms with Gasteiger partial charge in [0.05, 0.1) is 6.10 Å². The first-order valence-electron chi connectivity index (χ1n) is 6.81. The van der Waals surface area contributed by atoms with Crippen LogP contribution in [0.3, 0.4) is 0 Å². The van der Waals surface area contributed by atoms with Gasteiger partial charge in [-0.25, -0.2) is 0 Å². The van der Waals surface area contributed by atoms with Crippen LogP contribution < -0.4 is 5.32 Å². The highest BCUT2D eigenvalue weighted by Crippen LogP contribution is 2.27. The Labute approximate surface area is 99.2 Å². The van der Waals surface area contributed by atoms with Crippen LogP contribution in [0.5, 0.6) is 0 Å². The number of rotatable bonds is 2. The number of nitrogens with zero attached hydrogens (tertiary/aromatic N) is 1. The van der Waals surface area contributed by atoms with E-state index >= 15 is 0 Å². The number of hydrogen-bond acceptors (Lipinski definition) is 3. The molecule has 0 bridgehead atoms. The second-order valence-corrected chi connectivity index (χ2v) is 5.58. The number of aliphatic hydroxyl groups is 1. The summed E-state index contributed by atoms with van der Waals surface area (Å²) >= 11 is 0. The van der Waals surface area contributed by atoms with Gasteiger partial charge in [-0.3, -0.25) is 4.90 Å². The van der Waals surface area contributed by atoms with Crippen LogP contribution in [0.2, 0.25) is 0 Å². The molecule has 3 nitrogen and oxygen atoms in total. The predicted octanol–water partition coefficient (Wildman–Crippen LogP) is 1.22. The Hall–Kier alpha value is -0.120. The van der Waals surface area contributed by atoms with Crippen LogP contribution in [0.4, 0.5) is 0 Å². The van der Waals surface area contributed by atoms with Crippen LogP contribution >= 0.6 is 0 Å². The molecule has 1 aliphatic heterocycles. The molecule has 0 amide bonds. The monoisotopic (exact) mass is 226 g/mol. The average molecular weight is 226 g/mol. The van der Waals surface area contributed by atoms with Crippen LogP contribution in [0.15, 0.2) is 0 Å². The number of hydrogen-bond donors (Lipinski definition) is 2. The molecule has 1 aliphatic carbocycles. The van der Waals surface area contributed by atoms with Gasteiger partial charge in [0.15, 0.2) is 0 Å². The summed E-state index contributed by atoms with van der Waals surface area (Å²) in [6, 6.07) is 1.10. The standard InChI is InChI=1S/C13H26N2O/c1-10-9-15(8-7-11(10)14-2)12-5-3-4-6-13(12)16/h10-14,16H,3-9H2,1-2H3. The normalized spacial score (nSPS) is 42.2. The predicted molar refractivity (Wildman–Crippen MR) is 66.5 cm³/mol. The van der Waals surface area contributed by atoms with Crippen molar-refractivity contribution in [2.24, 2.45) is 5.92 Å². The molecular weight excluding hydrogens is 200 g/mol. The summed E-state index contributed by atoms with van der Waals surface area (Å²) in [4.78, 5) is 2.53. The van der Waals surface area contributed by atoms with Gasteiger partial charge >= 0.3 is 0 Å². The van der Waals surface area contributed by atoms with Crippen molar-refractivity contribution in [2.45, 2.75) is 57.2 Å². The lowest BCUT2D eigenvalue weighted by Crippen LogP contribution is -2.54. The third kappa shape index (κ3) is 2.58. The quantitative estimate of drug-likeness (QED) is 0.743. The van der Waals surface area contributed by atoms with Gasteiger partial charge in [-0.2, -0.15) is 0 Å². The van der Waals surface area contributed by atoms with E-state index in [1.165, 1.54) is 25.7 Å². The van der Waals surface area contributed by atoms with Crippen molar-refractivity contribution in [1.29, 1.82) is 0 Å². The van der Waals surface area contributed by atoms with Gasteiger partial charge in [-0.1, -0.05) is 19.8 Å². The molecule has 2 N–H and O–H groups in total. The van der Waals surface area contributed by atoms with Crippen LogP contribution in [-0.2, 0) is 0 Å². The van der Waals surface area contributed by atoms with E-state index in [2.05, 4.69) is 24.2 Å². The lowest BCUT2D eigenvalue weighted by atomic mass is 9.87. The molecule has 2 rings (SSSR count). The Bertz CT molecular complexity index is 222. The van der Waals surface area contributed by atoms with E-state index in [-0.39, 0.29) is 6.10 Å². The lowest BCUT2D eigenvalue weighted by molar-refractivity contribution is -0.00373. The molecule has 0 spiro atoms. The van der Waals surface area contributed by atoms with Gasteiger partial charge < -0.3 is 10.4 Å². The van der Waals surface area contributed by atoms with Gasteiger partial charge in [-0.15, -0.1) is 0 Å². The van der Waals surface area contributed by atoms with Gasteiger partial charge in [0.2, 0.25) is 0 Å². The van der Waals surface area contributed by atoms with Crippen LogP contribution in [-0.4, -0.2) is 48.3 Å². The summed E-state index contributed by atoms with van der Waals surface area (Å²) in [6.07, 6.45) is 5.85. The molecule has 1 saturated carbocycles. The van der Waals surface area contributed by atoms with E-state index in [1.54, 1.807) is 0 Å². The largest absolute Gasteiger partial charge is 0.391 e. The van der Waals surface area contributed by atoms with Gasteiger partial charge in [0.1, 0.15) is 0 Å². The summed E-state index contributed by atoms with van der Waals surface area (Å²) < 4.78 is 0. The summed E-state index contributed by atoms with van der Waals surface area (Å²) in [7, 11) is 2.06. The van der Waals surface area contributed by atoms with Crippen molar-refractivity contribution in [2.75, 3.05) is 20.1 Å². The molecule has 16 heavy (non-hydrogen) atoms. The second-order valence-electron chi connectivity index (χ2n) is 5.58. The molecule has 2 aliphatic rings. The average Bonchev–Trinajstić information content (AvgIpc) is 2.29. The molecule has 94 valence electrons. The first-order chi connectivity index (χ1) is 7.72. The minimum atomic E-state index is -0.0768. The maximum absolute atomic E-state index is 10.1. The van der Waals surface area contributed by atoms with E-state index in [0.29, 0.717) is 18.0 Å². The fourth-order valence-corrected chi connectivity index (χ4v) is 3.43. The highest BCUT2D eigenvalue weighted by molar-refractivity contribution is 4.89. The summed E-state index contributed by atoms with van der Waals surface area (Å²) in [5.41, 5.74) is 0. The Morgan fingerprint density at radius 1 is 1.19 bits per heavy atom. The van der Waals surface area contributed by atoms with Gasteiger partial charge in [-0.05, 0) is 32.2 Å². The van der Waals surface area contributed by atoms with Crippen LogP contribution in [0.1, 0.15) is 39.0 Å². The molecule has 4 unspecified atom stereocenters. The first-order valence-corrected chi connectivity index (χ1v) is 6.81. The van der Waals surface area contributed by atoms with Crippen molar-refractivity contribution in [3.05, 3.63) is 0 Å². The maximum atomic E-state index is 10.1. The Kier molecular flexibility index (Phi) is 4.22. The summed E-state index contributed by atoms with van der Waals surface area (Å²) in [5, 5.41) is 13.5. The van der Waals surface area contributed by atoms with Crippen molar-refractivity contribution < 1.29 is 5.11 Å². The van der Waals surface area contributed by atoms with Crippen molar-refractivity contribution in [1.82, 2.24) is 10.2 Å². The van der Waals surface area contributed by atoms with Gasteiger partial charge in [0, 0.05) is 25.2 Å². The highest BCUT2D eigenvalue weighted by Gasteiger charge is 2.33. The zero-order chi connectivity index (χ0) is 11.5. The smallest absolute Gasteiger partial charge is 0.0695 e. The molecular formula is C13H26N2O. The van der Waals surface area contributed by atoms with Crippen molar-refractivity contribution >= 4 is 0 Å². The Morgan fingerprint density at radius 3 is 2.56 bits per heavy atom. The van der Waals surface area contributed by atoms with E-state index in [9.17, 15) is 5.11 Å².